The molecule has 2 aromatic heterocycles. The summed E-state index contributed by atoms with van der Waals surface area (Å²) >= 11 is 0. The maximum atomic E-state index is 15.2. The first-order chi connectivity index (χ1) is 20.6. The monoisotopic (exact) mass is 609 g/mol. The van der Waals surface area contributed by atoms with Gasteiger partial charge in [-0.2, -0.15) is 4.98 Å². The zero-order valence-electron chi connectivity index (χ0n) is 24.7. The number of oxazole rings is 1. The number of hydrogen-bond acceptors (Lipinski definition) is 11. The number of methoxy groups -OCH3 is 1. The topological polar surface area (TPSA) is 126 Å². The number of benzene rings is 2. The average Bonchev–Trinajstić information content (AvgIpc) is 3.40. The number of sulfone groups is 1. The van der Waals surface area contributed by atoms with Crippen LogP contribution >= 0.6 is 0 Å². The summed E-state index contributed by atoms with van der Waals surface area (Å²) in [6, 6.07) is 12.9. The lowest BCUT2D eigenvalue weighted by Gasteiger charge is -2.36. The fourth-order valence-corrected chi connectivity index (χ4v) is 5.53. The number of piperazine rings is 1. The first-order valence-corrected chi connectivity index (χ1v) is 16.1. The Morgan fingerprint density at radius 2 is 1.86 bits per heavy atom. The lowest BCUT2D eigenvalue weighted by atomic mass is 10.1. The van der Waals surface area contributed by atoms with Crippen LogP contribution in [0.2, 0.25) is 0 Å². The number of hydrogen-bond donors (Lipinski definition) is 2. The Balaban J connectivity index is 1.33. The molecule has 0 atom stereocenters. The van der Waals surface area contributed by atoms with Crippen molar-refractivity contribution in [2.24, 2.45) is 0 Å². The fraction of sp³-hybridized carbons (Fsp3) is 0.367. The largest absolute Gasteiger partial charge is 0.497 e. The van der Waals surface area contributed by atoms with Crippen LogP contribution in [0.5, 0.6) is 5.75 Å². The molecule has 5 rings (SSSR count). The molecule has 1 aliphatic rings. The molecule has 0 unspecified atom stereocenters. The van der Waals surface area contributed by atoms with Gasteiger partial charge in [-0.1, -0.05) is 0 Å². The molecule has 0 saturated carbocycles. The second-order valence-corrected chi connectivity index (χ2v) is 12.7. The minimum atomic E-state index is -3.01. The van der Waals surface area contributed by atoms with Crippen molar-refractivity contribution in [3.05, 3.63) is 60.0 Å². The van der Waals surface area contributed by atoms with Crippen molar-refractivity contribution >= 4 is 33.2 Å². The van der Waals surface area contributed by atoms with E-state index >= 15 is 4.39 Å². The number of ether oxygens (including phenoxy) is 1. The number of aryl methyl sites for hydroxylation is 1. The molecule has 0 aliphatic carbocycles. The van der Waals surface area contributed by atoms with Crippen LogP contribution in [-0.2, 0) is 9.84 Å². The van der Waals surface area contributed by atoms with E-state index in [2.05, 4.69) is 30.5 Å². The Kier molecular flexibility index (Phi) is 9.11. The predicted molar refractivity (Wildman–Crippen MR) is 166 cm³/mol. The molecule has 0 bridgehead atoms. The van der Waals surface area contributed by atoms with E-state index in [4.69, 9.17) is 9.15 Å². The van der Waals surface area contributed by atoms with Gasteiger partial charge in [0.15, 0.2) is 5.76 Å². The maximum Gasteiger partial charge on any atom is 0.295 e. The maximum absolute atomic E-state index is 15.2. The van der Waals surface area contributed by atoms with Crippen LogP contribution in [0.4, 0.5) is 27.7 Å². The number of aromatic nitrogens is 3. The van der Waals surface area contributed by atoms with Gasteiger partial charge < -0.3 is 24.7 Å². The summed E-state index contributed by atoms with van der Waals surface area (Å²) in [5.41, 5.74) is 3.95. The third kappa shape index (κ3) is 7.59. The summed E-state index contributed by atoms with van der Waals surface area (Å²) in [4.78, 5) is 17.7. The molecule has 4 aromatic rings. The minimum absolute atomic E-state index is 0.125. The molecular weight excluding hydrogens is 573 g/mol. The molecule has 13 heteroatoms. The van der Waals surface area contributed by atoms with Crippen LogP contribution in [0.1, 0.15) is 12.5 Å². The molecule has 3 heterocycles. The normalized spacial score (nSPS) is 14.1. The van der Waals surface area contributed by atoms with E-state index in [-0.39, 0.29) is 17.5 Å². The smallest absolute Gasteiger partial charge is 0.295 e. The van der Waals surface area contributed by atoms with Gasteiger partial charge in [-0.15, -0.1) is 0 Å². The van der Waals surface area contributed by atoms with Gasteiger partial charge in [0.1, 0.15) is 32.8 Å². The van der Waals surface area contributed by atoms with Gasteiger partial charge in [0.25, 0.3) is 6.01 Å². The molecule has 11 nitrogen and oxygen atoms in total. The summed E-state index contributed by atoms with van der Waals surface area (Å²) in [5, 5.41) is 6.22. The second-order valence-electron chi connectivity index (χ2n) is 10.5. The predicted octanol–water partition coefficient (Wildman–Crippen LogP) is 4.60. The van der Waals surface area contributed by atoms with Crippen molar-refractivity contribution < 1.29 is 22.0 Å². The first kappa shape index (κ1) is 30.2. The van der Waals surface area contributed by atoms with Crippen LogP contribution in [0.3, 0.4) is 0 Å². The summed E-state index contributed by atoms with van der Waals surface area (Å²) in [5.74, 6) is 1.20. The zero-order chi connectivity index (χ0) is 30.6. The van der Waals surface area contributed by atoms with Crippen molar-refractivity contribution in [2.45, 2.75) is 13.8 Å². The third-order valence-corrected chi connectivity index (χ3v) is 8.02. The van der Waals surface area contributed by atoms with Gasteiger partial charge in [0, 0.05) is 63.0 Å². The lowest BCUT2D eigenvalue weighted by molar-refractivity contribution is 0.271. The van der Waals surface area contributed by atoms with Gasteiger partial charge in [0.2, 0.25) is 5.95 Å². The van der Waals surface area contributed by atoms with Crippen LogP contribution in [0.25, 0.3) is 22.7 Å². The Morgan fingerprint density at radius 1 is 1.07 bits per heavy atom. The van der Waals surface area contributed by atoms with E-state index in [9.17, 15) is 8.42 Å². The molecule has 0 radical (unpaired) electrons. The van der Waals surface area contributed by atoms with Crippen LogP contribution < -0.4 is 20.3 Å². The van der Waals surface area contributed by atoms with Gasteiger partial charge >= 0.3 is 0 Å². The van der Waals surface area contributed by atoms with E-state index in [0.29, 0.717) is 79.6 Å². The molecule has 1 fully saturated rings. The number of halogens is 1. The quantitative estimate of drug-likeness (QED) is 0.248. The number of anilines is 4. The highest BCUT2D eigenvalue weighted by atomic mass is 32.2. The minimum Gasteiger partial charge on any atom is -0.497 e. The lowest BCUT2D eigenvalue weighted by Crippen LogP contribution is -2.47. The van der Waals surface area contributed by atoms with Crippen LogP contribution in [0.15, 0.2) is 53.1 Å². The van der Waals surface area contributed by atoms with E-state index < -0.39 is 9.84 Å². The fourth-order valence-electron chi connectivity index (χ4n) is 4.94. The molecular formula is C30H36FN7O4S. The van der Waals surface area contributed by atoms with Crippen molar-refractivity contribution in [3.63, 3.8) is 0 Å². The highest BCUT2D eigenvalue weighted by molar-refractivity contribution is 7.90. The van der Waals surface area contributed by atoms with Crippen molar-refractivity contribution in [1.82, 2.24) is 19.9 Å². The van der Waals surface area contributed by atoms with Crippen LogP contribution in [-0.4, -0.2) is 86.7 Å². The summed E-state index contributed by atoms with van der Waals surface area (Å²) in [7, 11) is -1.39. The molecule has 2 aromatic carbocycles. The summed E-state index contributed by atoms with van der Waals surface area (Å²) in [6.07, 6.45) is 2.85. The van der Waals surface area contributed by atoms with E-state index in [0.717, 1.165) is 11.1 Å². The second kappa shape index (κ2) is 13.0. The Hall–Kier alpha value is -4.23. The average molecular weight is 610 g/mol. The first-order valence-electron chi connectivity index (χ1n) is 14.1. The van der Waals surface area contributed by atoms with Crippen molar-refractivity contribution in [1.29, 1.82) is 0 Å². The SMILES string of the molecule is CCNc1nc(-c2cc(C)cc(OC)c2)c(-c2ccnc(Nc3ccc(N4CCN(CCS(C)(=O)=O)CC4)c(F)c3)n2)o1. The highest BCUT2D eigenvalue weighted by Gasteiger charge is 2.22. The Labute approximate surface area is 251 Å². The third-order valence-electron chi connectivity index (χ3n) is 7.10. The Morgan fingerprint density at radius 3 is 2.56 bits per heavy atom. The van der Waals surface area contributed by atoms with Gasteiger partial charge in [-0.05, 0) is 61.9 Å². The Bertz CT molecular complexity index is 1690. The molecule has 43 heavy (non-hydrogen) atoms. The molecule has 0 amide bonds. The van der Waals surface area contributed by atoms with Gasteiger partial charge in [-0.3, -0.25) is 4.90 Å². The van der Waals surface area contributed by atoms with Crippen molar-refractivity contribution in [3.8, 4) is 28.5 Å². The molecule has 1 aliphatic heterocycles. The molecule has 228 valence electrons. The standard InChI is InChI=1S/C30H36FN7O4S/c1-5-32-30-36-27(21-16-20(2)17-23(18-21)41-3)28(42-30)25-8-9-33-29(35-25)34-22-6-7-26(24(31)19-22)38-12-10-37(11-13-38)14-15-43(4,39)40/h6-9,16-19H,5,10-15H2,1-4H3,(H,32,36)(H,33,34,35). The van der Waals surface area contributed by atoms with E-state index in [1.807, 2.05) is 36.9 Å². The number of nitrogens with zero attached hydrogens (tertiary/aromatic N) is 5. The molecule has 1 saturated heterocycles. The summed E-state index contributed by atoms with van der Waals surface area (Å²) in [6.45, 7) is 7.62. The van der Waals surface area contributed by atoms with Crippen LogP contribution in [0, 0.1) is 12.7 Å². The number of nitrogens with one attached hydrogen (secondary N) is 2. The van der Waals surface area contributed by atoms with E-state index in [1.165, 1.54) is 12.3 Å². The summed E-state index contributed by atoms with van der Waals surface area (Å²) < 4.78 is 49.7. The molecule has 2 N–H and O–H groups in total. The number of rotatable bonds is 11. The van der Waals surface area contributed by atoms with Crippen molar-refractivity contribution in [2.75, 3.05) is 73.9 Å². The van der Waals surface area contributed by atoms with Gasteiger partial charge in [-0.25, -0.2) is 22.8 Å². The van der Waals surface area contributed by atoms with E-state index in [1.54, 1.807) is 31.5 Å². The van der Waals surface area contributed by atoms with Gasteiger partial charge in [0.05, 0.1) is 18.6 Å². The highest BCUT2D eigenvalue weighted by Crippen LogP contribution is 2.36. The molecule has 0 spiro atoms. The zero-order valence-corrected chi connectivity index (χ0v) is 25.5.